The van der Waals surface area contributed by atoms with Gasteiger partial charge in [-0.1, -0.05) is 19.3 Å². The van der Waals surface area contributed by atoms with Crippen LogP contribution < -0.4 is 5.32 Å². The van der Waals surface area contributed by atoms with Crippen molar-refractivity contribution < 1.29 is 4.21 Å². The van der Waals surface area contributed by atoms with E-state index < -0.39 is 10.8 Å². The molecule has 0 spiro atoms. The van der Waals surface area contributed by atoms with Crippen molar-refractivity contribution in [3.05, 3.63) is 0 Å². The molecule has 1 N–H and O–H groups in total. The third kappa shape index (κ3) is 5.44. The summed E-state index contributed by atoms with van der Waals surface area (Å²) in [5, 5.41) is 3.47. The van der Waals surface area contributed by atoms with Crippen LogP contribution in [0.15, 0.2) is 0 Å². The van der Waals surface area contributed by atoms with Gasteiger partial charge in [-0.15, -0.1) is 0 Å². The topological polar surface area (TPSA) is 29.1 Å². The average Bonchev–Trinajstić information content (AvgIpc) is 2.24. The second-order valence-corrected chi connectivity index (χ2v) is 8.19. The smallest absolute Gasteiger partial charge is 0.0375 e. The largest absolute Gasteiger partial charge is 0.316 e. The molecule has 1 atom stereocenters. The van der Waals surface area contributed by atoms with E-state index in [9.17, 15) is 4.21 Å². The second kappa shape index (κ2) is 6.75. The van der Waals surface area contributed by atoms with E-state index in [-0.39, 0.29) is 4.75 Å². The monoisotopic (exact) mass is 245 g/mol. The molecule has 0 radical (unpaired) electrons. The van der Waals surface area contributed by atoms with Crippen molar-refractivity contribution >= 4 is 10.8 Å². The Kier molecular flexibility index (Phi) is 5.98. The lowest BCUT2D eigenvalue weighted by molar-refractivity contribution is 0.345. The Balaban J connectivity index is 2.05. The van der Waals surface area contributed by atoms with Crippen LogP contribution in [-0.4, -0.2) is 27.8 Å². The molecule has 1 aliphatic carbocycles. The first-order valence-corrected chi connectivity index (χ1v) is 7.91. The Morgan fingerprint density at radius 2 is 1.81 bits per heavy atom. The maximum absolute atomic E-state index is 11.8. The molecule has 0 bridgehead atoms. The summed E-state index contributed by atoms with van der Waals surface area (Å²) in [6.45, 7) is 8.17. The van der Waals surface area contributed by atoms with Gasteiger partial charge in [-0.3, -0.25) is 4.21 Å². The summed E-state index contributed by atoms with van der Waals surface area (Å²) >= 11 is 0. The van der Waals surface area contributed by atoms with Crippen molar-refractivity contribution in [2.24, 2.45) is 5.92 Å². The quantitative estimate of drug-likeness (QED) is 0.755. The summed E-state index contributed by atoms with van der Waals surface area (Å²) < 4.78 is 11.7. The second-order valence-electron chi connectivity index (χ2n) is 5.87. The minimum absolute atomic E-state index is 0.0630. The summed E-state index contributed by atoms with van der Waals surface area (Å²) in [6, 6.07) is 0. The van der Waals surface area contributed by atoms with Gasteiger partial charge in [-0.25, -0.2) is 0 Å². The van der Waals surface area contributed by atoms with Gasteiger partial charge < -0.3 is 5.32 Å². The van der Waals surface area contributed by atoms with Gasteiger partial charge in [0.1, 0.15) is 0 Å². The van der Waals surface area contributed by atoms with E-state index in [0.29, 0.717) is 0 Å². The maximum atomic E-state index is 11.8. The Bertz CT molecular complexity index is 216. The first-order valence-electron chi connectivity index (χ1n) is 6.59. The molecule has 1 fully saturated rings. The van der Waals surface area contributed by atoms with Crippen LogP contribution in [-0.2, 0) is 10.8 Å². The Morgan fingerprint density at radius 3 is 2.38 bits per heavy atom. The maximum Gasteiger partial charge on any atom is 0.0375 e. The number of nitrogens with one attached hydrogen (secondary N) is 1. The van der Waals surface area contributed by atoms with Crippen LogP contribution >= 0.6 is 0 Å². The molecule has 0 heterocycles. The van der Waals surface area contributed by atoms with Gasteiger partial charge in [0, 0.05) is 27.8 Å². The molecule has 0 saturated heterocycles. The van der Waals surface area contributed by atoms with Gasteiger partial charge in [-0.05, 0) is 46.1 Å². The molecule has 1 saturated carbocycles. The van der Waals surface area contributed by atoms with E-state index in [1.165, 1.54) is 32.1 Å². The molecule has 1 rings (SSSR count). The van der Waals surface area contributed by atoms with Crippen molar-refractivity contribution in [3.8, 4) is 0 Å². The van der Waals surface area contributed by atoms with Crippen molar-refractivity contribution in [2.75, 3.05) is 18.8 Å². The molecule has 1 aliphatic rings. The molecular weight excluding hydrogens is 218 g/mol. The van der Waals surface area contributed by atoms with Gasteiger partial charge in [0.15, 0.2) is 0 Å². The Morgan fingerprint density at radius 1 is 1.19 bits per heavy atom. The molecule has 0 aromatic rings. The first kappa shape index (κ1) is 14.2. The van der Waals surface area contributed by atoms with E-state index in [1.54, 1.807) is 0 Å². The molecule has 96 valence electrons. The standard InChI is InChI=1S/C13H27NOS/c1-13(2,3)16(15)10-9-14-11-12-7-5-4-6-8-12/h12,14H,4-11H2,1-3H3. The Hall–Kier alpha value is 0.110. The highest BCUT2D eigenvalue weighted by Gasteiger charge is 2.18. The first-order chi connectivity index (χ1) is 7.50. The van der Waals surface area contributed by atoms with Crippen molar-refractivity contribution in [2.45, 2.75) is 57.6 Å². The summed E-state index contributed by atoms with van der Waals surface area (Å²) in [6.07, 6.45) is 7.00. The lowest BCUT2D eigenvalue weighted by atomic mass is 9.89. The van der Waals surface area contributed by atoms with E-state index >= 15 is 0 Å². The van der Waals surface area contributed by atoms with Crippen molar-refractivity contribution in [3.63, 3.8) is 0 Å². The van der Waals surface area contributed by atoms with Crippen LogP contribution in [0.5, 0.6) is 0 Å². The SMILES string of the molecule is CC(C)(C)S(=O)CCNCC1CCCCC1. The van der Waals surface area contributed by atoms with Gasteiger partial charge in [0.05, 0.1) is 0 Å². The van der Waals surface area contributed by atoms with Gasteiger partial charge in [-0.2, -0.15) is 0 Å². The lowest BCUT2D eigenvalue weighted by Gasteiger charge is -2.22. The predicted molar refractivity (Wildman–Crippen MR) is 72.2 cm³/mol. The van der Waals surface area contributed by atoms with E-state index in [4.69, 9.17) is 0 Å². The van der Waals surface area contributed by atoms with Crippen LogP contribution in [0.4, 0.5) is 0 Å². The van der Waals surface area contributed by atoms with Gasteiger partial charge >= 0.3 is 0 Å². The summed E-state index contributed by atoms with van der Waals surface area (Å²) in [5.74, 6) is 1.66. The molecule has 1 unspecified atom stereocenters. The van der Waals surface area contributed by atoms with Crippen LogP contribution in [0.25, 0.3) is 0 Å². The molecule has 0 amide bonds. The highest BCUT2D eigenvalue weighted by Crippen LogP contribution is 2.22. The minimum atomic E-state index is -0.706. The van der Waals surface area contributed by atoms with Crippen LogP contribution in [0.1, 0.15) is 52.9 Å². The highest BCUT2D eigenvalue weighted by atomic mass is 32.2. The fourth-order valence-corrected chi connectivity index (χ4v) is 3.11. The zero-order valence-electron chi connectivity index (χ0n) is 11.1. The average molecular weight is 245 g/mol. The lowest BCUT2D eigenvalue weighted by Crippen LogP contribution is -2.32. The number of rotatable bonds is 5. The Labute approximate surface area is 103 Å². The predicted octanol–water partition coefficient (Wildman–Crippen LogP) is 2.70. The molecule has 16 heavy (non-hydrogen) atoms. The minimum Gasteiger partial charge on any atom is -0.316 e. The van der Waals surface area contributed by atoms with Gasteiger partial charge in [0.25, 0.3) is 0 Å². The normalized spacial score (nSPS) is 20.9. The molecular formula is C13H27NOS. The fourth-order valence-electron chi connectivity index (χ4n) is 2.17. The zero-order chi connectivity index (χ0) is 12.0. The van der Waals surface area contributed by atoms with Crippen molar-refractivity contribution in [1.29, 1.82) is 0 Å². The fraction of sp³-hybridized carbons (Fsp3) is 1.00. The van der Waals surface area contributed by atoms with Crippen LogP contribution in [0, 0.1) is 5.92 Å². The van der Waals surface area contributed by atoms with Crippen LogP contribution in [0.2, 0.25) is 0 Å². The summed E-state index contributed by atoms with van der Waals surface area (Å²) in [7, 11) is -0.706. The third-order valence-corrected chi connectivity index (χ3v) is 5.25. The summed E-state index contributed by atoms with van der Waals surface area (Å²) in [5.41, 5.74) is 0. The van der Waals surface area contributed by atoms with E-state index in [1.807, 2.05) is 20.8 Å². The van der Waals surface area contributed by atoms with E-state index in [0.717, 1.165) is 24.8 Å². The molecule has 0 aromatic heterocycles. The zero-order valence-corrected chi connectivity index (χ0v) is 11.9. The van der Waals surface area contributed by atoms with Crippen LogP contribution in [0.3, 0.4) is 0 Å². The molecule has 2 nitrogen and oxygen atoms in total. The number of hydrogen-bond acceptors (Lipinski definition) is 2. The molecule has 3 heteroatoms. The van der Waals surface area contributed by atoms with Crippen molar-refractivity contribution in [1.82, 2.24) is 5.32 Å². The molecule has 0 aliphatic heterocycles. The summed E-state index contributed by atoms with van der Waals surface area (Å²) in [4.78, 5) is 0. The van der Waals surface area contributed by atoms with E-state index in [2.05, 4.69) is 5.32 Å². The van der Waals surface area contributed by atoms with Gasteiger partial charge in [0.2, 0.25) is 0 Å². The number of hydrogen-bond donors (Lipinski definition) is 1. The molecule has 0 aromatic carbocycles. The third-order valence-electron chi connectivity index (χ3n) is 3.31. The highest BCUT2D eigenvalue weighted by molar-refractivity contribution is 7.86.